The molecule has 1 atom stereocenters. The van der Waals surface area contributed by atoms with Gasteiger partial charge >= 0.3 is 0 Å². The number of para-hydroxylation sites is 1. The number of anilines is 1. The lowest BCUT2D eigenvalue weighted by atomic mass is 9.95. The van der Waals surface area contributed by atoms with Crippen LogP contribution in [0, 0.1) is 0 Å². The van der Waals surface area contributed by atoms with Gasteiger partial charge in [0, 0.05) is 24.8 Å². The van der Waals surface area contributed by atoms with Crippen LogP contribution in [0.15, 0.2) is 47.4 Å². The number of rotatable bonds is 9. The Balaban J connectivity index is 1.44. The fourth-order valence-electron chi connectivity index (χ4n) is 5.83. The zero-order chi connectivity index (χ0) is 27.6. The molecular weight excluding hydrogens is 530 g/mol. The molecule has 1 unspecified atom stereocenters. The van der Waals surface area contributed by atoms with Gasteiger partial charge in [-0.1, -0.05) is 63.5 Å². The van der Waals surface area contributed by atoms with Crippen molar-refractivity contribution in [1.29, 1.82) is 0 Å². The van der Waals surface area contributed by atoms with Crippen LogP contribution in [0.4, 0.5) is 5.13 Å². The third-order valence-corrected chi connectivity index (χ3v) is 11.0. The van der Waals surface area contributed by atoms with E-state index in [2.05, 4.69) is 19.9 Å². The number of carbonyl (C=O) groups is 1. The van der Waals surface area contributed by atoms with Crippen LogP contribution in [0.25, 0.3) is 10.2 Å². The minimum absolute atomic E-state index is 0.0428. The number of aromatic nitrogens is 1. The minimum atomic E-state index is -3.64. The summed E-state index contributed by atoms with van der Waals surface area (Å²) in [6.45, 7) is 7.75. The molecule has 1 aromatic heterocycles. The molecule has 2 aliphatic rings. The fraction of sp³-hybridized carbons (Fsp3) is 0.533. The van der Waals surface area contributed by atoms with E-state index >= 15 is 0 Å². The topological polar surface area (TPSA) is 79.8 Å². The Bertz CT molecular complexity index is 1390. The third-order valence-electron chi connectivity index (χ3n) is 7.95. The average molecular weight is 570 g/mol. The van der Waals surface area contributed by atoms with Gasteiger partial charge < -0.3 is 4.74 Å². The average Bonchev–Trinajstić information content (AvgIpc) is 3.62. The van der Waals surface area contributed by atoms with E-state index in [-0.39, 0.29) is 22.9 Å². The number of ether oxygens (including phenoxy) is 1. The van der Waals surface area contributed by atoms with Crippen LogP contribution in [0.5, 0.6) is 0 Å². The quantitative estimate of drug-likeness (QED) is 0.291. The summed E-state index contributed by atoms with van der Waals surface area (Å²) in [7, 11) is -3.64. The van der Waals surface area contributed by atoms with Crippen molar-refractivity contribution in [3.8, 4) is 0 Å². The fourth-order valence-corrected chi connectivity index (χ4v) is 8.54. The molecule has 5 rings (SSSR count). The highest BCUT2D eigenvalue weighted by Gasteiger charge is 2.32. The second-order valence-corrected chi connectivity index (χ2v) is 13.8. The van der Waals surface area contributed by atoms with E-state index in [9.17, 15) is 13.2 Å². The summed E-state index contributed by atoms with van der Waals surface area (Å²) in [4.78, 5) is 20.8. The zero-order valence-electron chi connectivity index (χ0n) is 23.1. The molecule has 0 spiro atoms. The zero-order valence-corrected chi connectivity index (χ0v) is 24.8. The van der Waals surface area contributed by atoms with Gasteiger partial charge in [-0.25, -0.2) is 13.4 Å². The molecule has 2 heterocycles. The molecule has 39 heavy (non-hydrogen) atoms. The molecule has 0 bridgehead atoms. The van der Waals surface area contributed by atoms with E-state index in [1.807, 2.05) is 19.1 Å². The van der Waals surface area contributed by atoms with Gasteiger partial charge in [0.1, 0.15) is 0 Å². The predicted molar refractivity (Wildman–Crippen MR) is 157 cm³/mol. The number of nitrogens with zero attached hydrogens (tertiary/aromatic N) is 3. The largest absolute Gasteiger partial charge is 0.376 e. The first-order chi connectivity index (χ1) is 18.8. The Hall–Kier alpha value is -2.33. The molecule has 1 saturated carbocycles. The molecule has 0 N–H and O–H groups in total. The Morgan fingerprint density at radius 2 is 1.79 bits per heavy atom. The normalized spacial score (nSPS) is 18.8. The van der Waals surface area contributed by atoms with Crippen LogP contribution in [0.2, 0.25) is 0 Å². The van der Waals surface area contributed by atoms with Gasteiger partial charge in [0.15, 0.2) is 5.13 Å². The lowest BCUT2D eigenvalue weighted by Crippen LogP contribution is -2.41. The van der Waals surface area contributed by atoms with Crippen molar-refractivity contribution in [2.75, 3.05) is 24.6 Å². The number of fused-ring (bicyclic) bond motifs is 1. The molecule has 1 amide bonds. The third kappa shape index (κ3) is 5.92. The van der Waals surface area contributed by atoms with Gasteiger partial charge in [0.2, 0.25) is 10.0 Å². The first kappa shape index (κ1) is 28.2. The lowest BCUT2D eigenvalue weighted by molar-refractivity contribution is 0.0917. The summed E-state index contributed by atoms with van der Waals surface area (Å²) in [6, 6.07) is 12.7. The number of hydrogen-bond acceptors (Lipinski definition) is 6. The number of carbonyl (C=O) groups excluding carboxylic acids is 1. The summed E-state index contributed by atoms with van der Waals surface area (Å²) in [5.41, 5.74) is 2.53. The number of thiazole rings is 1. The van der Waals surface area contributed by atoms with Crippen LogP contribution in [0.3, 0.4) is 0 Å². The Kier molecular flexibility index (Phi) is 8.71. The van der Waals surface area contributed by atoms with Gasteiger partial charge in [-0.15, -0.1) is 0 Å². The summed E-state index contributed by atoms with van der Waals surface area (Å²) >= 11 is 1.51. The lowest BCUT2D eigenvalue weighted by Gasteiger charge is -2.32. The molecule has 7 nitrogen and oxygen atoms in total. The van der Waals surface area contributed by atoms with Gasteiger partial charge in [-0.2, -0.15) is 4.31 Å². The standard InChI is InChI=1S/C30H39N3O4S2/c1-4-33(23-10-6-5-7-11-23)39(35,36)25-17-15-22(16-18-25)29(34)32(20-24-12-9-19-37-24)30-31-28-26(21(2)3)13-8-14-27(28)38-30/h8,13-18,21,23-24H,4-7,9-12,19-20H2,1-3H3. The summed E-state index contributed by atoms with van der Waals surface area (Å²) in [6.07, 6.45) is 6.94. The Labute approximate surface area is 236 Å². The second-order valence-electron chi connectivity index (χ2n) is 10.9. The van der Waals surface area contributed by atoms with Crippen molar-refractivity contribution in [3.63, 3.8) is 0 Å². The van der Waals surface area contributed by atoms with Crippen molar-refractivity contribution in [3.05, 3.63) is 53.6 Å². The van der Waals surface area contributed by atoms with Gasteiger partial charge in [0.05, 0.1) is 27.8 Å². The summed E-state index contributed by atoms with van der Waals surface area (Å²) in [5, 5.41) is 0.643. The van der Waals surface area contributed by atoms with Crippen molar-refractivity contribution >= 4 is 42.6 Å². The highest BCUT2D eigenvalue weighted by atomic mass is 32.2. The molecule has 2 aromatic carbocycles. The van der Waals surface area contributed by atoms with Crippen LogP contribution in [-0.2, 0) is 14.8 Å². The molecule has 0 radical (unpaired) electrons. The number of sulfonamides is 1. The molecule has 210 valence electrons. The summed E-state index contributed by atoms with van der Waals surface area (Å²) in [5.74, 6) is 0.121. The number of hydrogen-bond donors (Lipinski definition) is 0. The molecule has 1 aliphatic carbocycles. The van der Waals surface area contributed by atoms with Crippen molar-refractivity contribution in [2.45, 2.75) is 88.7 Å². The van der Waals surface area contributed by atoms with Gasteiger partial charge in [-0.3, -0.25) is 9.69 Å². The van der Waals surface area contributed by atoms with Crippen LogP contribution >= 0.6 is 11.3 Å². The molecule has 1 aliphatic heterocycles. The number of amides is 1. The minimum Gasteiger partial charge on any atom is -0.376 e. The van der Waals surface area contributed by atoms with Crippen molar-refractivity contribution < 1.29 is 17.9 Å². The van der Waals surface area contributed by atoms with E-state index in [1.54, 1.807) is 33.5 Å². The van der Waals surface area contributed by atoms with E-state index in [0.29, 0.717) is 36.3 Å². The predicted octanol–water partition coefficient (Wildman–Crippen LogP) is 6.59. The van der Waals surface area contributed by atoms with Crippen molar-refractivity contribution in [2.24, 2.45) is 0 Å². The first-order valence-corrected chi connectivity index (χ1v) is 16.5. The maximum absolute atomic E-state index is 13.9. The number of benzene rings is 2. The van der Waals surface area contributed by atoms with Gasteiger partial charge in [0.25, 0.3) is 5.91 Å². The van der Waals surface area contributed by atoms with Crippen LogP contribution < -0.4 is 4.90 Å². The molecule has 2 fully saturated rings. The van der Waals surface area contributed by atoms with E-state index < -0.39 is 10.0 Å². The molecule has 9 heteroatoms. The highest BCUT2D eigenvalue weighted by Crippen LogP contribution is 2.35. The van der Waals surface area contributed by atoms with Crippen molar-refractivity contribution in [1.82, 2.24) is 9.29 Å². The van der Waals surface area contributed by atoms with E-state index in [0.717, 1.165) is 54.3 Å². The second kappa shape index (κ2) is 12.0. The van der Waals surface area contributed by atoms with Crippen LogP contribution in [0.1, 0.15) is 87.6 Å². The molecule has 1 saturated heterocycles. The monoisotopic (exact) mass is 569 g/mol. The molecule has 3 aromatic rings. The molecular formula is C30H39N3O4S2. The van der Waals surface area contributed by atoms with Crippen LogP contribution in [-0.4, -0.2) is 55.5 Å². The van der Waals surface area contributed by atoms with Gasteiger partial charge in [-0.05, 0) is 67.5 Å². The smallest absolute Gasteiger partial charge is 0.260 e. The highest BCUT2D eigenvalue weighted by molar-refractivity contribution is 7.89. The maximum atomic E-state index is 13.9. The maximum Gasteiger partial charge on any atom is 0.260 e. The van der Waals surface area contributed by atoms with E-state index in [1.165, 1.54) is 17.8 Å². The van der Waals surface area contributed by atoms with E-state index in [4.69, 9.17) is 9.72 Å². The first-order valence-electron chi connectivity index (χ1n) is 14.2. The Morgan fingerprint density at radius 1 is 1.05 bits per heavy atom. The SMILES string of the molecule is CCN(C1CCCCC1)S(=O)(=O)c1ccc(C(=O)N(CC2CCCO2)c2nc3c(C(C)C)cccc3s2)cc1. The Morgan fingerprint density at radius 3 is 2.44 bits per heavy atom. The summed E-state index contributed by atoms with van der Waals surface area (Å²) < 4.78 is 35.6.